The Morgan fingerprint density at radius 3 is 2.36 bits per heavy atom. The average Bonchev–Trinajstić information content (AvgIpc) is 3.26. The van der Waals surface area contributed by atoms with Crippen molar-refractivity contribution in [3.63, 3.8) is 0 Å². The van der Waals surface area contributed by atoms with E-state index in [-0.39, 0.29) is 5.91 Å². The summed E-state index contributed by atoms with van der Waals surface area (Å²) in [5.74, 6) is -0.959. The zero-order valence-electron chi connectivity index (χ0n) is 18.7. The summed E-state index contributed by atoms with van der Waals surface area (Å²) in [6.07, 6.45) is 0.257. The number of carbonyl (C=O) groups excluding carboxylic acids is 3. The van der Waals surface area contributed by atoms with Crippen LogP contribution in [0.3, 0.4) is 0 Å². The van der Waals surface area contributed by atoms with E-state index >= 15 is 0 Å². The van der Waals surface area contributed by atoms with Crippen LogP contribution in [0.5, 0.6) is 0 Å². The lowest BCUT2D eigenvalue weighted by Gasteiger charge is -2.20. The fourth-order valence-electron chi connectivity index (χ4n) is 3.84. The second-order valence-corrected chi connectivity index (χ2v) is 8.20. The number of ether oxygens (including phenoxy) is 1. The Bertz CT molecular complexity index is 1170. The molecular weight excluding hydrogens is 416 g/mol. The highest BCUT2D eigenvalue weighted by Crippen LogP contribution is 2.25. The van der Waals surface area contributed by atoms with Gasteiger partial charge in [0, 0.05) is 29.9 Å². The molecule has 0 saturated carbocycles. The van der Waals surface area contributed by atoms with Gasteiger partial charge in [-0.1, -0.05) is 42.5 Å². The molecule has 168 valence electrons. The lowest BCUT2D eigenvalue weighted by Crippen LogP contribution is -2.26. The first-order valence-corrected chi connectivity index (χ1v) is 11.0. The molecule has 1 aliphatic rings. The summed E-state index contributed by atoms with van der Waals surface area (Å²) in [6.45, 7) is 4.53. The van der Waals surface area contributed by atoms with Gasteiger partial charge in [-0.2, -0.15) is 0 Å². The van der Waals surface area contributed by atoms with Gasteiger partial charge in [0.05, 0.1) is 5.56 Å². The number of hydrogen-bond donors (Lipinski definition) is 1. The lowest BCUT2D eigenvalue weighted by atomic mass is 10.1. The Morgan fingerprint density at radius 1 is 0.970 bits per heavy atom. The number of hydrogen-bond acceptors (Lipinski definition) is 4. The number of amides is 2. The second kappa shape index (κ2) is 9.69. The van der Waals surface area contributed by atoms with E-state index in [0.717, 1.165) is 23.2 Å². The Labute approximate surface area is 193 Å². The third-order valence-electron chi connectivity index (χ3n) is 5.70. The lowest BCUT2D eigenvalue weighted by molar-refractivity contribution is -0.125. The maximum absolute atomic E-state index is 13.2. The first kappa shape index (κ1) is 22.3. The molecule has 0 radical (unpaired) electrons. The summed E-state index contributed by atoms with van der Waals surface area (Å²) in [7, 11) is 0. The van der Waals surface area contributed by atoms with E-state index in [1.807, 2.05) is 38.1 Å². The van der Waals surface area contributed by atoms with Gasteiger partial charge < -0.3 is 15.0 Å². The van der Waals surface area contributed by atoms with E-state index < -0.39 is 18.0 Å². The molecule has 0 aliphatic carbocycles. The summed E-state index contributed by atoms with van der Waals surface area (Å²) in [5, 5.41) is 2.90. The van der Waals surface area contributed by atoms with Crippen molar-refractivity contribution in [3.05, 3.63) is 95.1 Å². The molecular formula is C27H26N2O4. The third kappa shape index (κ3) is 5.12. The zero-order valence-corrected chi connectivity index (χ0v) is 18.7. The van der Waals surface area contributed by atoms with E-state index in [0.29, 0.717) is 29.8 Å². The molecule has 1 fully saturated rings. The topological polar surface area (TPSA) is 75.7 Å². The van der Waals surface area contributed by atoms with Crippen LogP contribution >= 0.6 is 0 Å². The molecule has 6 nitrogen and oxygen atoms in total. The first-order valence-electron chi connectivity index (χ1n) is 11.0. The number of rotatable bonds is 6. The second-order valence-electron chi connectivity index (χ2n) is 8.20. The molecule has 1 N–H and O–H groups in total. The van der Waals surface area contributed by atoms with Crippen LogP contribution in [-0.2, 0) is 14.3 Å². The normalized spacial score (nSPS) is 14.1. The highest BCUT2D eigenvalue weighted by Gasteiger charge is 2.27. The van der Waals surface area contributed by atoms with Crippen molar-refractivity contribution in [1.82, 2.24) is 0 Å². The standard InChI is InChI=1S/C27H26N2O4/c1-18-10-11-19(2)23(17-18)28-26(31)25(20-7-4-3-5-8-20)33-27(32)21-12-14-22(15-13-21)29-16-6-9-24(29)30/h3-5,7-8,10-15,17,25H,6,9,16H2,1-2H3,(H,28,31). The van der Waals surface area contributed by atoms with Crippen LogP contribution in [0.2, 0.25) is 0 Å². The van der Waals surface area contributed by atoms with Gasteiger partial charge in [-0.3, -0.25) is 9.59 Å². The van der Waals surface area contributed by atoms with Crippen molar-refractivity contribution < 1.29 is 19.1 Å². The maximum atomic E-state index is 13.2. The molecule has 1 aliphatic heterocycles. The van der Waals surface area contributed by atoms with Crippen LogP contribution in [0.15, 0.2) is 72.8 Å². The minimum atomic E-state index is -1.11. The summed E-state index contributed by atoms with van der Waals surface area (Å²) in [4.78, 5) is 39.8. The molecule has 6 heteroatoms. The minimum Gasteiger partial charge on any atom is -0.444 e. The van der Waals surface area contributed by atoms with Crippen molar-refractivity contribution in [1.29, 1.82) is 0 Å². The molecule has 1 saturated heterocycles. The highest BCUT2D eigenvalue weighted by atomic mass is 16.5. The van der Waals surface area contributed by atoms with Gasteiger partial charge in [-0.05, 0) is 61.7 Å². The zero-order chi connectivity index (χ0) is 23.4. The van der Waals surface area contributed by atoms with Crippen LogP contribution in [0, 0.1) is 13.8 Å². The smallest absolute Gasteiger partial charge is 0.339 e. The average molecular weight is 443 g/mol. The van der Waals surface area contributed by atoms with Crippen molar-refractivity contribution in [2.45, 2.75) is 32.8 Å². The molecule has 33 heavy (non-hydrogen) atoms. The Hall–Kier alpha value is -3.93. The van der Waals surface area contributed by atoms with Crippen molar-refractivity contribution in [2.75, 3.05) is 16.8 Å². The monoisotopic (exact) mass is 442 g/mol. The molecule has 2 amide bonds. The number of nitrogens with one attached hydrogen (secondary N) is 1. The van der Waals surface area contributed by atoms with Crippen LogP contribution in [0.4, 0.5) is 11.4 Å². The SMILES string of the molecule is Cc1ccc(C)c(NC(=O)C(OC(=O)c2ccc(N3CCCC3=O)cc2)c2ccccc2)c1. The largest absolute Gasteiger partial charge is 0.444 e. The van der Waals surface area contributed by atoms with Crippen molar-refractivity contribution >= 4 is 29.2 Å². The van der Waals surface area contributed by atoms with E-state index in [1.54, 1.807) is 53.4 Å². The fraction of sp³-hybridized carbons (Fsp3) is 0.222. The number of benzene rings is 3. The molecule has 1 unspecified atom stereocenters. The Morgan fingerprint density at radius 2 is 1.70 bits per heavy atom. The summed E-state index contributed by atoms with van der Waals surface area (Å²) < 4.78 is 5.68. The highest BCUT2D eigenvalue weighted by molar-refractivity contribution is 5.99. The molecule has 0 spiro atoms. The minimum absolute atomic E-state index is 0.0811. The van der Waals surface area contributed by atoms with Crippen LogP contribution < -0.4 is 10.2 Å². The number of carbonyl (C=O) groups is 3. The Kier molecular flexibility index (Phi) is 6.54. The van der Waals surface area contributed by atoms with Gasteiger partial charge >= 0.3 is 5.97 Å². The van der Waals surface area contributed by atoms with Crippen LogP contribution in [0.25, 0.3) is 0 Å². The summed E-state index contributed by atoms with van der Waals surface area (Å²) >= 11 is 0. The molecule has 3 aromatic carbocycles. The molecule has 4 rings (SSSR count). The van der Waals surface area contributed by atoms with Gasteiger partial charge in [0.1, 0.15) is 0 Å². The van der Waals surface area contributed by atoms with E-state index in [1.165, 1.54) is 0 Å². The number of anilines is 2. The number of nitrogens with zero attached hydrogens (tertiary/aromatic N) is 1. The number of esters is 1. The predicted octanol–water partition coefficient (Wildman–Crippen LogP) is 4.97. The number of aryl methyl sites for hydroxylation is 2. The van der Waals surface area contributed by atoms with Crippen LogP contribution in [0.1, 0.15) is 46.0 Å². The van der Waals surface area contributed by atoms with Gasteiger partial charge in [0.15, 0.2) is 0 Å². The van der Waals surface area contributed by atoms with Crippen molar-refractivity contribution in [2.24, 2.45) is 0 Å². The summed E-state index contributed by atoms with van der Waals surface area (Å²) in [5.41, 5.74) is 4.25. The van der Waals surface area contributed by atoms with Gasteiger partial charge in [-0.25, -0.2) is 4.79 Å². The molecule has 1 heterocycles. The van der Waals surface area contributed by atoms with Gasteiger partial charge in [0.25, 0.3) is 5.91 Å². The molecule has 0 aromatic heterocycles. The maximum Gasteiger partial charge on any atom is 0.339 e. The summed E-state index contributed by atoms with van der Waals surface area (Å²) in [6, 6.07) is 21.4. The van der Waals surface area contributed by atoms with Crippen LogP contribution in [-0.4, -0.2) is 24.3 Å². The van der Waals surface area contributed by atoms with E-state index in [9.17, 15) is 14.4 Å². The third-order valence-corrected chi connectivity index (χ3v) is 5.70. The quantitative estimate of drug-likeness (QED) is 0.547. The Balaban J connectivity index is 1.54. The molecule has 1 atom stereocenters. The molecule has 3 aromatic rings. The van der Waals surface area contributed by atoms with E-state index in [4.69, 9.17) is 4.74 Å². The predicted molar refractivity (Wildman–Crippen MR) is 127 cm³/mol. The van der Waals surface area contributed by atoms with Crippen molar-refractivity contribution in [3.8, 4) is 0 Å². The van der Waals surface area contributed by atoms with E-state index in [2.05, 4.69) is 5.32 Å². The fourth-order valence-corrected chi connectivity index (χ4v) is 3.84. The molecule has 0 bridgehead atoms. The van der Waals surface area contributed by atoms with Gasteiger partial charge in [0.2, 0.25) is 12.0 Å². The van der Waals surface area contributed by atoms with Gasteiger partial charge in [-0.15, -0.1) is 0 Å². The first-order chi connectivity index (χ1) is 15.9.